The number of pyridine rings is 2. The van der Waals surface area contributed by atoms with Gasteiger partial charge in [-0.1, -0.05) is 0 Å². The minimum absolute atomic E-state index is 0.183. The van der Waals surface area contributed by atoms with Crippen molar-refractivity contribution in [2.75, 3.05) is 18.0 Å². The second-order valence-corrected chi connectivity index (χ2v) is 9.27. The molecule has 0 amide bonds. The Bertz CT molecular complexity index is 1310. The van der Waals surface area contributed by atoms with Crippen LogP contribution in [-0.2, 0) is 7.05 Å². The van der Waals surface area contributed by atoms with Gasteiger partial charge in [-0.25, -0.2) is 9.97 Å². The van der Waals surface area contributed by atoms with Gasteiger partial charge in [0.05, 0.1) is 22.2 Å². The van der Waals surface area contributed by atoms with E-state index >= 15 is 0 Å². The molecule has 7 heteroatoms. The van der Waals surface area contributed by atoms with Crippen molar-refractivity contribution in [3.63, 3.8) is 0 Å². The third kappa shape index (κ3) is 3.39. The predicted octanol–water partition coefficient (Wildman–Crippen LogP) is 3.61. The van der Waals surface area contributed by atoms with E-state index in [1.165, 1.54) is 12.8 Å². The smallest absolute Gasteiger partial charge is 0.129 e. The number of nitrogens with zero attached hydrogens (tertiary/aromatic N) is 5. The van der Waals surface area contributed by atoms with Gasteiger partial charge in [-0.15, -0.1) is 0 Å². The highest BCUT2D eigenvalue weighted by atomic mass is 16.3. The Kier molecular flexibility index (Phi) is 3.99. The van der Waals surface area contributed by atoms with Crippen molar-refractivity contribution >= 4 is 27.8 Å². The summed E-state index contributed by atoms with van der Waals surface area (Å²) in [7, 11) is 1.87. The summed E-state index contributed by atoms with van der Waals surface area (Å²) in [6.07, 6.45) is 5.67. The molecule has 2 fully saturated rings. The van der Waals surface area contributed by atoms with Crippen molar-refractivity contribution in [2.24, 2.45) is 7.05 Å². The minimum Gasteiger partial charge on any atom is -0.507 e. The maximum atomic E-state index is 10.5. The summed E-state index contributed by atoms with van der Waals surface area (Å²) in [5.74, 6) is 1.19. The number of aryl methyl sites for hydroxylation is 1. The molecule has 7 nitrogen and oxygen atoms in total. The van der Waals surface area contributed by atoms with Crippen molar-refractivity contribution in [2.45, 2.75) is 37.8 Å². The highest BCUT2D eigenvalue weighted by Crippen LogP contribution is 2.36. The highest BCUT2D eigenvalue weighted by Gasteiger charge is 2.40. The molecular formula is C24H26N6O. The molecule has 1 saturated heterocycles. The number of nitrogens with one attached hydrogen (secondary N) is 1. The molecule has 1 atom stereocenters. The zero-order valence-electron chi connectivity index (χ0n) is 17.8. The van der Waals surface area contributed by atoms with E-state index in [9.17, 15) is 5.11 Å². The molecule has 0 radical (unpaired) electrons. The SMILES string of the molecule is Cn1cc2cc(-c3ccc4nc(N5CCC(NC6(C)CC6)C5)ccc4n3)c(O)cc2n1. The molecule has 4 heterocycles. The van der Waals surface area contributed by atoms with Gasteiger partial charge in [0.25, 0.3) is 0 Å². The Morgan fingerprint density at radius 1 is 1.06 bits per heavy atom. The van der Waals surface area contributed by atoms with Gasteiger partial charge in [0.15, 0.2) is 0 Å². The van der Waals surface area contributed by atoms with E-state index in [1.54, 1.807) is 10.7 Å². The van der Waals surface area contributed by atoms with Gasteiger partial charge in [-0.2, -0.15) is 5.10 Å². The van der Waals surface area contributed by atoms with Gasteiger partial charge in [-0.05, 0) is 56.5 Å². The largest absolute Gasteiger partial charge is 0.507 e. The number of phenols is 1. The van der Waals surface area contributed by atoms with E-state index in [0.29, 0.717) is 17.1 Å². The summed E-state index contributed by atoms with van der Waals surface area (Å²) in [4.78, 5) is 12.0. The Morgan fingerprint density at radius 2 is 1.87 bits per heavy atom. The van der Waals surface area contributed by atoms with E-state index < -0.39 is 0 Å². The molecule has 0 bridgehead atoms. The van der Waals surface area contributed by atoms with Crippen molar-refractivity contribution in [1.82, 2.24) is 25.1 Å². The molecule has 158 valence electrons. The number of aromatic hydroxyl groups is 1. The van der Waals surface area contributed by atoms with Crippen molar-refractivity contribution in [1.29, 1.82) is 0 Å². The van der Waals surface area contributed by atoms with Crippen LogP contribution >= 0.6 is 0 Å². The van der Waals surface area contributed by atoms with Crippen LogP contribution in [-0.4, -0.2) is 49.5 Å². The van der Waals surface area contributed by atoms with E-state index in [2.05, 4.69) is 28.3 Å². The average Bonchev–Trinajstić information content (AvgIpc) is 3.13. The van der Waals surface area contributed by atoms with Gasteiger partial charge in [0.2, 0.25) is 0 Å². The van der Waals surface area contributed by atoms with E-state index in [0.717, 1.165) is 53.0 Å². The van der Waals surface area contributed by atoms with Crippen molar-refractivity contribution < 1.29 is 5.11 Å². The van der Waals surface area contributed by atoms with Crippen LogP contribution < -0.4 is 10.2 Å². The first-order valence-electron chi connectivity index (χ1n) is 10.9. The van der Waals surface area contributed by atoms with Crippen LogP contribution in [0, 0.1) is 0 Å². The summed E-state index contributed by atoms with van der Waals surface area (Å²) in [5, 5.41) is 19.6. The fourth-order valence-electron chi connectivity index (χ4n) is 4.63. The number of aromatic nitrogens is 4. The maximum Gasteiger partial charge on any atom is 0.129 e. The number of phenolic OH excluding ortho intramolecular Hbond substituents is 1. The van der Waals surface area contributed by atoms with Crippen LogP contribution in [0.5, 0.6) is 5.75 Å². The van der Waals surface area contributed by atoms with Gasteiger partial charge in [0, 0.05) is 54.9 Å². The van der Waals surface area contributed by atoms with Gasteiger partial charge < -0.3 is 15.3 Å². The topological polar surface area (TPSA) is 79.1 Å². The number of benzene rings is 1. The summed E-state index contributed by atoms with van der Waals surface area (Å²) in [6.45, 7) is 4.34. The van der Waals surface area contributed by atoms with Crippen LogP contribution in [0.15, 0.2) is 42.6 Å². The third-order valence-electron chi connectivity index (χ3n) is 6.60. The fourth-order valence-corrected chi connectivity index (χ4v) is 4.63. The Morgan fingerprint density at radius 3 is 2.71 bits per heavy atom. The second kappa shape index (κ2) is 6.65. The first kappa shape index (κ1) is 18.6. The highest BCUT2D eigenvalue weighted by molar-refractivity contribution is 5.88. The summed E-state index contributed by atoms with van der Waals surface area (Å²) >= 11 is 0. The molecule has 0 spiro atoms. The molecule has 3 aromatic heterocycles. The first-order chi connectivity index (χ1) is 15.0. The summed E-state index contributed by atoms with van der Waals surface area (Å²) < 4.78 is 1.75. The van der Waals surface area contributed by atoms with E-state index in [-0.39, 0.29) is 5.75 Å². The van der Waals surface area contributed by atoms with E-state index in [1.807, 2.05) is 37.5 Å². The third-order valence-corrected chi connectivity index (χ3v) is 6.60. The van der Waals surface area contributed by atoms with Crippen LogP contribution in [0.2, 0.25) is 0 Å². The van der Waals surface area contributed by atoms with Crippen LogP contribution in [0.1, 0.15) is 26.2 Å². The van der Waals surface area contributed by atoms with Crippen molar-refractivity contribution in [3.8, 4) is 17.0 Å². The molecule has 4 aromatic rings. The monoisotopic (exact) mass is 414 g/mol. The van der Waals surface area contributed by atoms with Crippen LogP contribution in [0.4, 0.5) is 5.82 Å². The molecule has 2 aliphatic rings. The summed E-state index contributed by atoms with van der Waals surface area (Å²) in [6, 6.07) is 12.2. The molecule has 1 aromatic carbocycles. The lowest BCUT2D eigenvalue weighted by Gasteiger charge is -2.20. The number of fused-ring (bicyclic) bond motifs is 2. The lowest BCUT2D eigenvalue weighted by molar-refractivity contribution is 0.455. The normalized spacial score (nSPS) is 20.1. The average molecular weight is 415 g/mol. The predicted molar refractivity (Wildman–Crippen MR) is 122 cm³/mol. The lowest BCUT2D eigenvalue weighted by Crippen LogP contribution is -2.40. The zero-order chi connectivity index (χ0) is 21.2. The lowest BCUT2D eigenvalue weighted by atomic mass is 10.1. The molecular weight excluding hydrogens is 388 g/mol. The maximum absolute atomic E-state index is 10.5. The fraction of sp³-hybridized carbons (Fsp3) is 0.375. The molecule has 1 unspecified atom stereocenters. The zero-order valence-corrected chi connectivity index (χ0v) is 17.8. The van der Waals surface area contributed by atoms with Gasteiger partial charge in [0.1, 0.15) is 11.6 Å². The van der Waals surface area contributed by atoms with Crippen LogP contribution in [0.25, 0.3) is 33.2 Å². The second-order valence-electron chi connectivity index (χ2n) is 9.27. The Hall–Kier alpha value is -3.19. The minimum atomic E-state index is 0.183. The number of hydrogen-bond donors (Lipinski definition) is 2. The van der Waals surface area contributed by atoms with Gasteiger partial charge in [-0.3, -0.25) is 4.68 Å². The number of anilines is 1. The molecule has 1 saturated carbocycles. The molecule has 1 aliphatic heterocycles. The van der Waals surface area contributed by atoms with Crippen LogP contribution in [0.3, 0.4) is 0 Å². The molecule has 6 rings (SSSR count). The quantitative estimate of drug-likeness (QED) is 0.531. The summed E-state index contributed by atoms with van der Waals surface area (Å²) in [5.41, 5.74) is 4.26. The molecule has 2 N–H and O–H groups in total. The number of rotatable bonds is 4. The molecule has 1 aliphatic carbocycles. The van der Waals surface area contributed by atoms with Crippen molar-refractivity contribution in [3.05, 3.63) is 42.6 Å². The Labute approximate surface area is 180 Å². The first-order valence-corrected chi connectivity index (χ1v) is 10.9. The standard InChI is InChI=1S/C24H26N6O/c1-24(8-9-24)27-16-7-10-30(14-16)23-6-5-19-20(26-23)4-3-18(25-19)17-11-15-13-29(2)28-21(15)12-22(17)31/h3-6,11-13,16,27,31H,7-10,14H2,1-2H3. The van der Waals surface area contributed by atoms with Gasteiger partial charge >= 0.3 is 0 Å². The number of hydrogen-bond acceptors (Lipinski definition) is 6. The Balaban J connectivity index is 1.28. The molecule has 31 heavy (non-hydrogen) atoms. The van der Waals surface area contributed by atoms with E-state index in [4.69, 9.17) is 9.97 Å².